The minimum atomic E-state index is -0.849. The lowest BCUT2D eigenvalue weighted by Crippen LogP contribution is -2.28. The van der Waals surface area contributed by atoms with E-state index in [4.69, 9.17) is 5.11 Å². The zero-order valence-electron chi connectivity index (χ0n) is 7.28. The first-order chi connectivity index (χ1) is 5.57. The molecule has 0 unspecified atom stereocenters. The summed E-state index contributed by atoms with van der Waals surface area (Å²) in [5.41, 5.74) is 0. The molecule has 2 atom stereocenters. The number of nitrogens with zero attached hydrogens (tertiary/aromatic N) is 1. The second-order valence-corrected chi connectivity index (χ2v) is 3.14. The predicted molar refractivity (Wildman–Crippen MR) is 42.5 cm³/mol. The average molecular weight is 171 g/mol. The number of rotatable bonds is 3. The van der Waals surface area contributed by atoms with Crippen molar-refractivity contribution in [1.82, 2.24) is 4.90 Å². The molecule has 1 saturated carbocycles. The first-order valence-electron chi connectivity index (χ1n) is 4.05. The van der Waals surface area contributed by atoms with E-state index in [0.717, 1.165) is 0 Å². The highest BCUT2D eigenvalue weighted by atomic mass is 16.4. The van der Waals surface area contributed by atoms with Crippen molar-refractivity contribution in [3.63, 3.8) is 0 Å². The lowest BCUT2D eigenvalue weighted by atomic mass is 10.3. The Morgan fingerprint density at radius 1 is 1.50 bits per heavy atom. The molecule has 0 heterocycles. The molecule has 0 radical (unpaired) electrons. The van der Waals surface area contributed by atoms with Crippen molar-refractivity contribution in [3.8, 4) is 0 Å². The summed E-state index contributed by atoms with van der Waals surface area (Å²) in [5, 5.41) is 8.56. The van der Waals surface area contributed by atoms with Crippen LogP contribution in [0.1, 0.15) is 13.3 Å². The molecule has 0 aromatic rings. The number of carbonyl (C=O) groups excluding carboxylic acids is 1. The first-order valence-corrected chi connectivity index (χ1v) is 4.05. The minimum Gasteiger partial charge on any atom is -0.481 e. The van der Waals surface area contributed by atoms with Gasteiger partial charge in [0, 0.05) is 13.6 Å². The van der Waals surface area contributed by atoms with E-state index in [1.165, 1.54) is 0 Å². The maximum Gasteiger partial charge on any atom is 0.307 e. The molecule has 0 spiro atoms. The van der Waals surface area contributed by atoms with Crippen LogP contribution in [0.15, 0.2) is 0 Å². The highest BCUT2D eigenvalue weighted by Crippen LogP contribution is 2.39. The number of hydrogen-bond donors (Lipinski definition) is 1. The van der Waals surface area contributed by atoms with Gasteiger partial charge >= 0.3 is 5.97 Å². The number of aliphatic carboxylic acids is 1. The van der Waals surface area contributed by atoms with E-state index in [-0.39, 0.29) is 11.8 Å². The van der Waals surface area contributed by atoms with Crippen LogP contribution in [-0.4, -0.2) is 35.5 Å². The van der Waals surface area contributed by atoms with E-state index in [2.05, 4.69) is 0 Å². The molecule has 0 saturated heterocycles. The van der Waals surface area contributed by atoms with Crippen LogP contribution < -0.4 is 0 Å². The normalized spacial score (nSPS) is 26.5. The lowest BCUT2D eigenvalue weighted by molar-refractivity contribution is -0.141. The average Bonchev–Trinajstić information content (AvgIpc) is 2.80. The molecule has 0 aliphatic heterocycles. The Morgan fingerprint density at radius 2 is 2.08 bits per heavy atom. The largest absolute Gasteiger partial charge is 0.481 e. The third kappa shape index (κ3) is 1.57. The van der Waals surface area contributed by atoms with Gasteiger partial charge in [0.25, 0.3) is 0 Å². The van der Waals surface area contributed by atoms with Crippen molar-refractivity contribution >= 4 is 11.9 Å². The van der Waals surface area contributed by atoms with Gasteiger partial charge in [0.1, 0.15) is 0 Å². The van der Waals surface area contributed by atoms with Gasteiger partial charge in [-0.15, -0.1) is 0 Å². The van der Waals surface area contributed by atoms with E-state index in [9.17, 15) is 9.59 Å². The number of carboxylic acids is 1. The van der Waals surface area contributed by atoms with Crippen LogP contribution in [0.3, 0.4) is 0 Å². The summed E-state index contributed by atoms with van der Waals surface area (Å²) < 4.78 is 0. The summed E-state index contributed by atoms with van der Waals surface area (Å²) in [7, 11) is 1.69. The lowest BCUT2D eigenvalue weighted by Gasteiger charge is -2.13. The molecule has 1 aliphatic carbocycles. The van der Waals surface area contributed by atoms with E-state index < -0.39 is 11.9 Å². The van der Waals surface area contributed by atoms with E-state index in [1.807, 2.05) is 6.92 Å². The van der Waals surface area contributed by atoms with Crippen LogP contribution in [-0.2, 0) is 9.59 Å². The van der Waals surface area contributed by atoms with Gasteiger partial charge < -0.3 is 10.0 Å². The standard InChI is InChI=1S/C8H13NO3/c1-3-9(2)7(10)5-4-6(5)8(11)12/h5-6H,3-4H2,1-2H3,(H,11,12)/t5-,6+/m1/s1. The molecule has 12 heavy (non-hydrogen) atoms. The summed E-state index contributed by atoms with van der Waals surface area (Å²) in [6.07, 6.45) is 0.512. The quantitative estimate of drug-likeness (QED) is 0.659. The summed E-state index contributed by atoms with van der Waals surface area (Å²) in [5.74, 6) is -1.57. The van der Waals surface area contributed by atoms with Crippen LogP contribution in [0, 0.1) is 11.8 Å². The van der Waals surface area contributed by atoms with E-state index in [0.29, 0.717) is 13.0 Å². The molecule has 4 heteroatoms. The fraction of sp³-hybridized carbons (Fsp3) is 0.750. The molecule has 0 aromatic carbocycles. The first kappa shape index (κ1) is 9.03. The maximum atomic E-state index is 11.3. The third-order valence-corrected chi connectivity index (χ3v) is 2.28. The van der Waals surface area contributed by atoms with Crippen LogP contribution >= 0.6 is 0 Å². The Bertz CT molecular complexity index is 214. The molecule has 0 bridgehead atoms. The molecule has 1 N–H and O–H groups in total. The summed E-state index contributed by atoms with van der Waals surface area (Å²) in [4.78, 5) is 23.3. The van der Waals surface area contributed by atoms with Crippen molar-refractivity contribution in [2.24, 2.45) is 11.8 Å². The number of carboxylic acid groups (broad SMARTS) is 1. The Labute approximate surface area is 71.2 Å². The highest BCUT2D eigenvalue weighted by molar-refractivity contribution is 5.89. The Kier molecular flexibility index (Phi) is 2.35. The number of amides is 1. The van der Waals surface area contributed by atoms with Gasteiger partial charge in [-0.05, 0) is 13.3 Å². The van der Waals surface area contributed by atoms with Crippen molar-refractivity contribution in [3.05, 3.63) is 0 Å². The zero-order chi connectivity index (χ0) is 9.30. The topological polar surface area (TPSA) is 57.6 Å². The molecule has 1 rings (SSSR count). The number of hydrogen-bond acceptors (Lipinski definition) is 2. The summed E-state index contributed by atoms with van der Waals surface area (Å²) in [6.45, 7) is 2.51. The second kappa shape index (κ2) is 3.13. The second-order valence-electron chi connectivity index (χ2n) is 3.14. The van der Waals surface area contributed by atoms with Gasteiger partial charge in [0.2, 0.25) is 5.91 Å². The van der Waals surface area contributed by atoms with Gasteiger partial charge in [-0.25, -0.2) is 0 Å². The van der Waals surface area contributed by atoms with Gasteiger partial charge in [0.05, 0.1) is 11.8 Å². The van der Waals surface area contributed by atoms with Crippen molar-refractivity contribution in [1.29, 1.82) is 0 Å². The van der Waals surface area contributed by atoms with Crippen molar-refractivity contribution < 1.29 is 14.7 Å². The molecule has 4 nitrogen and oxygen atoms in total. The highest BCUT2D eigenvalue weighted by Gasteiger charge is 2.49. The Balaban J connectivity index is 2.43. The minimum absolute atomic E-state index is 0.0371. The molecule has 0 aromatic heterocycles. The van der Waals surface area contributed by atoms with Crippen LogP contribution in [0.4, 0.5) is 0 Å². The SMILES string of the molecule is CCN(C)C(=O)[C@@H]1C[C@@H]1C(=O)O. The van der Waals surface area contributed by atoms with Crippen LogP contribution in [0.5, 0.6) is 0 Å². The van der Waals surface area contributed by atoms with Crippen molar-refractivity contribution in [2.75, 3.05) is 13.6 Å². The van der Waals surface area contributed by atoms with Gasteiger partial charge in [-0.2, -0.15) is 0 Å². The Hall–Kier alpha value is -1.06. The number of carbonyl (C=O) groups is 2. The van der Waals surface area contributed by atoms with Crippen LogP contribution in [0.25, 0.3) is 0 Å². The molecule has 1 fully saturated rings. The molecule has 1 aliphatic rings. The summed E-state index contributed by atoms with van der Waals surface area (Å²) >= 11 is 0. The van der Waals surface area contributed by atoms with E-state index in [1.54, 1.807) is 11.9 Å². The van der Waals surface area contributed by atoms with E-state index >= 15 is 0 Å². The fourth-order valence-corrected chi connectivity index (χ4v) is 1.18. The molecule has 68 valence electrons. The molecule has 1 amide bonds. The Morgan fingerprint density at radius 3 is 2.42 bits per heavy atom. The zero-order valence-corrected chi connectivity index (χ0v) is 7.28. The fourth-order valence-electron chi connectivity index (χ4n) is 1.18. The van der Waals surface area contributed by atoms with Crippen molar-refractivity contribution in [2.45, 2.75) is 13.3 Å². The molecular weight excluding hydrogens is 158 g/mol. The maximum absolute atomic E-state index is 11.3. The van der Waals surface area contributed by atoms with Gasteiger partial charge in [0.15, 0.2) is 0 Å². The molecular formula is C8H13NO3. The monoisotopic (exact) mass is 171 g/mol. The summed E-state index contributed by atoms with van der Waals surface area (Å²) in [6, 6.07) is 0. The predicted octanol–water partition coefficient (Wildman–Crippen LogP) is 0.185. The van der Waals surface area contributed by atoms with Gasteiger partial charge in [-0.3, -0.25) is 9.59 Å². The smallest absolute Gasteiger partial charge is 0.307 e. The van der Waals surface area contributed by atoms with Gasteiger partial charge in [-0.1, -0.05) is 0 Å². The van der Waals surface area contributed by atoms with Crippen LogP contribution in [0.2, 0.25) is 0 Å². The third-order valence-electron chi connectivity index (χ3n) is 2.28.